The smallest absolute Gasteiger partial charge is 0.407 e. The van der Waals surface area contributed by atoms with E-state index in [-0.39, 0.29) is 6.61 Å². The van der Waals surface area contributed by atoms with E-state index in [1.807, 2.05) is 36.4 Å². The molecule has 0 saturated carbocycles. The average molecular weight is 342 g/mol. The molecule has 0 saturated heterocycles. The third-order valence-electron chi connectivity index (χ3n) is 3.71. The van der Waals surface area contributed by atoms with Gasteiger partial charge in [-0.1, -0.05) is 42.5 Å². The predicted molar refractivity (Wildman–Crippen MR) is 95.1 cm³/mol. The number of para-hydroxylation sites is 1. The van der Waals surface area contributed by atoms with E-state index < -0.39 is 12.1 Å². The van der Waals surface area contributed by atoms with Gasteiger partial charge in [-0.15, -0.1) is 0 Å². The molecule has 0 atom stereocenters. The molecule has 0 radical (unpaired) electrons. The Morgan fingerprint density at radius 1 is 1.08 bits per heavy atom. The summed E-state index contributed by atoms with van der Waals surface area (Å²) in [6.07, 6.45) is 0.852. The molecule has 1 amide bonds. The van der Waals surface area contributed by atoms with Gasteiger partial charge in [0.05, 0.1) is 12.7 Å². The maximum Gasteiger partial charge on any atom is 0.407 e. The number of anilines is 1. The highest BCUT2D eigenvalue weighted by Crippen LogP contribution is 2.19. The number of carbonyl (C=O) groups excluding carboxylic acids is 2. The minimum atomic E-state index is -0.458. The van der Waals surface area contributed by atoms with E-state index in [0.717, 1.165) is 11.1 Å². The van der Waals surface area contributed by atoms with Crippen molar-refractivity contribution < 1.29 is 19.1 Å². The summed E-state index contributed by atoms with van der Waals surface area (Å²) in [5.74, 6) is -0.457. The Kier molecular flexibility index (Phi) is 6.83. The van der Waals surface area contributed by atoms with Crippen LogP contribution in [0.15, 0.2) is 48.5 Å². The SMILES string of the molecule is COC(=O)c1cccc(CCCNC(=O)OCc2ccccc2)c1N. The maximum atomic E-state index is 11.7. The van der Waals surface area contributed by atoms with Crippen LogP contribution in [0.5, 0.6) is 0 Å². The van der Waals surface area contributed by atoms with Crippen molar-refractivity contribution in [3.05, 3.63) is 65.2 Å². The molecule has 0 heterocycles. The van der Waals surface area contributed by atoms with Gasteiger partial charge in [-0.05, 0) is 30.0 Å². The van der Waals surface area contributed by atoms with Crippen molar-refractivity contribution in [1.29, 1.82) is 0 Å². The molecular formula is C19H22N2O4. The topological polar surface area (TPSA) is 90.6 Å². The van der Waals surface area contributed by atoms with Crippen molar-refractivity contribution in [2.75, 3.05) is 19.4 Å². The number of nitrogens with two attached hydrogens (primary N) is 1. The summed E-state index contributed by atoms with van der Waals surface area (Å²) in [7, 11) is 1.32. The summed E-state index contributed by atoms with van der Waals surface area (Å²) in [6.45, 7) is 0.691. The number of ether oxygens (including phenoxy) is 2. The fourth-order valence-corrected chi connectivity index (χ4v) is 2.36. The van der Waals surface area contributed by atoms with Crippen LogP contribution in [-0.4, -0.2) is 25.7 Å². The van der Waals surface area contributed by atoms with E-state index in [4.69, 9.17) is 15.2 Å². The van der Waals surface area contributed by atoms with Gasteiger partial charge in [-0.2, -0.15) is 0 Å². The molecule has 0 spiro atoms. The molecule has 3 N–H and O–H groups in total. The minimum absolute atomic E-state index is 0.237. The van der Waals surface area contributed by atoms with E-state index in [2.05, 4.69) is 5.32 Å². The van der Waals surface area contributed by atoms with Crippen molar-refractivity contribution >= 4 is 17.7 Å². The van der Waals surface area contributed by atoms with Crippen LogP contribution in [-0.2, 0) is 22.5 Å². The summed E-state index contributed by atoms with van der Waals surface area (Å²) in [6, 6.07) is 14.7. The average Bonchev–Trinajstić information content (AvgIpc) is 2.65. The first-order valence-electron chi connectivity index (χ1n) is 8.02. The highest BCUT2D eigenvalue weighted by molar-refractivity contribution is 5.95. The van der Waals surface area contributed by atoms with Crippen molar-refractivity contribution in [2.24, 2.45) is 0 Å². The zero-order valence-corrected chi connectivity index (χ0v) is 14.2. The van der Waals surface area contributed by atoms with Crippen LogP contribution < -0.4 is 11.1 Å². The molecule has 0 aliphatic carbocycles. The van der Waals surface area contributed by atoms with E-state index >= 15 is 0 Å². The first-order valence-corrected chi connectivity index (χ1v) is 8.02. The quantitative estimate of drug-likeness (QED) is 0.459. The van der Waals surface area contributed by atoms with Crippen LogP contribution >= 0.6 is 0 Å². The molecule has 132 valence electrons. The Hall–Kier alpha value is -3.02. The number of hydrogen-bond acceptors (Lipinski definition) is 5. The Morgan fingerprint density at radius 3 is 2.56 bits per heavy atom. The summed E-state index contributed by atoms with van der Waals surface area (Å²) in [5.41, 5.74) is 8.56. The summed E-state index contributed by atoms with van der Waals surface area (Å²) >= 11 is 0. The Labute approximate surface area is 146 Å². The third kappa shape index (κ3) is 5.53. The summed E-state index contributed by atoms with van der Waals surface area (Å²) in [5, 5.41) is 2.70. The van der Waals surface area contributed by atoms with Gasteiger partial charge in [0.1, 0.15) is 6.61 Å². The van der Waals surface area contributed by atoms with E-state index in [1.54, 1.807) is 12.1 Å². The number of rotatable bonds is 7. The molecule has 0 unspecified atom stereocenters. The zero-order valence-electron chi connectivity index (χ0n) is 14.2. The number of benzene rings is 2. The minimum Gasteiger partial charge on any atom is -0.465 e. The number of nitrogens with one attached hydrogen (secondary N) is 1. The number of hydrogen-bond donors (Lipinski definition) is 2. The second kappa shape index (κ2) is 9.32. The van der Waals surface area contributed by atoms with Crippen LogP contribution in [0.3, 0.4) is 0 Å². The van der Waals surface area contributed by atoms with Crippen LogP contribution in [0.25, 0.3) is 0 Å². The van der Waals surface area contributed by atoms with Crippen LogP contribution in [0.4, 0.5) is 10.5 Å². The second-order valence-corrected chi connectivity index (χ2v) is 5.46. The lowest BCUT2D eigenvalue weighted by molar-refractivity contribution is 0.0602. The normalized spacial score (nSPS) is 10.1. The van der Waals surface area contributed by atoms with Gasteiger partial charge in [0.2, 0.25) is 0 Å². The largest absolute Gasteiger partial charge is 0.465 e. The zero-order chi connectivity index (χ0) is 18.1. The fourth-order valence-electron chi connectivity index (χ4n) is 2.36. The van der Waals surface area contributed by atoms with Gasteiger partial charge >= 0.3 is 12.1 Å². The van der Waals surface area contributed by atoms with Crippen LogP contribution in [0, 0.1) is 0 Å². The van der Waals surface area contributed by atoms with Gasteiger partial charge in [0.15, 0.2) is 0 Å². The molecule has 2 rings (SSSR count). The summed E-state index contributed by atoms with van der Waals surface area (Å²) in [4.78, 5) is 23.3. The maximum absolute atomic E-state index is 11.7. The molecule has 0 bridgehead atoms. The molecule has 2 aromatic carbocycles. The molecule has 0 aliphatic heterocycles. The number of esters is 1. The lowest BCUT2D eigenvalue weighted by Crippen LogP contribution is -2.25. The number of amides is 1. The first-order chi connectivity index (χ1) is 12.1. The standard InChI is InChI=1S/C19H22N2O4/c1-24-18(22)16-11-5-9-15(17(16)20)10-6-12-21-19(23)25-13-14-7-3-2-4-8-14/h2-5,7-9,11H,6,10,12-13,20H2,1H3,(H,21,23). The fraction of sp³-hybridized carbons (Fsp3) is 0.263. The molecule has 25 heavy (non-hydrogen) atoms. The molecular weight excluding hydrogens is 320 g/mol. The molecule has 2 aromatic rings. The number of methoxy groups -OCH3 is 1. The Morgan fingerprint density at radius 2 is 1.84 bits per heavy atom. The number of carbonyl (C=O) groups is 2. The molecule has 6 heteroatoms. The predicted octanol–water partition coefficient (Wildman–Crippen LogP) is 2.91. The summed E-state index contributed by atoms with van der Waals surface area (Å²) < 4.78 is 9.83. The van der Waals surface area contributed by atoms with E-state index in [0.29, 0.717) is 30.6 Å². The van der Waals surface area contributed by atoms with Crippen molar-refractivity contribution in [3.63, 3.8) is 0 Å². The molecule has 0 aliphatic rings. The van der Waals surface area contributed by atoms with Gasteiger partial charge in [0.25, 0.3) is 0 Å². The third-order valence-corrected chi connectivity index (χ3v) is 3.71. The number of alkyl carbamates (subject to hydrolysis) is 1. The molecule has 0 aromatic heterocycles. The monoisotopic (exact) mass is 342 g/mol. The van der Waals surface area contributed by atoms with Crippen LogP contribution in [0.2, 0.25) is 0 Å². The van der Waals surface area contributed by atoms with Crippen molar-refractivity contribution in [2.45, 2.75) is 19.4 Å². The number of aryl methyl sites for hydroxylation is 1. The molecule has 0 fully saturated rings. The van der Waals surface area contributed by atoms with E-state index in [9.17, 15) is 9.59 Å². The van der Waals surface area contributed by atoms with Crippen molar-refractivity contribution in [3.8, 4) is 0 Å². The van der Waals surface area contributed by atoms with Crippen molar-refractivity contribution in [1.82, 2.24) is 5.32 Å². The highest BCUT2D eigenvalue weighted by atomic mass is 16.5. The van der Waals surface area contributed by atoms with Gasteiger partial charge in [-0.3, -0.25) is 0 Å². The first kappa shape index (κ1) is 18.3. The molecule has 6 nitrogen and oxygen atoms in total. The number of nitrogen functional groups attached to an aromatic ring is 1. The van der Waals surface area contributed by atoms with Gasteiger partial charge in [0, 0.05) is 12.2 Å². The van der Waals surface area contributed by atoms with Crippen LogP contribution in [0.1, 0.15) is 27.9 Å². The Bertz CT molecular complexity index is 717. The lowest BCUT2D eigenvalue weighted by Gasteiger charge is -2.10. The van der Waals surface area contributed by atoms with Gasteiger partial charge in [-0.25, -0.2) is 9.59 Å². The van der Waals surface area contributed by atoms with E-state index in [1.165, 1.54) is 7.11 Å². The van der Waals surface area contributed by atoms with Gasteiger partial charge < -0.3 is 20.5 Å². The highest BCUT2D eigenvalue weighted by Gasteiger charge is 2.12. The second-order valence-electron chi connectivity index (χ2n) is 5.46. The lowest BCUT2D eigenvalue weighted by atomic mass is 10.0. The Balaban J connectivity index is 1.74.